The highest BCUT2D eigenvalue weighted by Gasteiger charge is 2.06. The first-order valence-corrected chi connectivity index (χ1v) is 7.42. The molecule has 122 valence electrons. The van der Waals surface area contributed by atoms with Crippen molar-refractivity contribution in [2.75, 3.05) is 21.1 Å². The quantitative estimate of drug-likeness (QED) is 0.926. The third kappa shape index (κ3) is 5.94. The van der Waals surface area contributed by atoms with E-state index < -0.39 is 0 Å². The maximum Gasteiger partial charge on any atom is 0.253 e. The molecule has 0 fully saturated rings. The molecule has 0 aromatic heterocycles. The number of benzene rings is 2. The molecule has 2 aromatic carbocycles. The van der Waals surface area contributed by atoms with Crippen molar-refractivity contribution in [2.24, 2.45) is 0 Å². The predicted molar refractivity (Wildman–Crippen MR) is 93.8 cm³/mol. The van der Waals surface area contributed by atoms with E-state index in [9.17, 15) is 9.59 Å². The van der Waals surface area contributed by atoms with Crippen LogP contribution in [-0.2, 0) is 0 Å². The number of nitrogens with one attached hydrogen (secondary N) is 1. The summed E-state index contributed by atoms with van der Waals surface area (Å²) in [5.74, 6) is 0.0173. The molecule has 0 heterocycles. The Morgan fingerprint density at radius 1 is 0.870 bits per heavy atom. The van der Waals surface area contributed by atoms with Gasteiger partial charge in [0.2, 0.25) is 0 Å². The van der Waals surface area contributed by atoms with Crippen LogP contribution in [0.5, 0.6) is 0 Å². The summed E-state index contributed by atoms with van der Waals surface area (Å²) in [6.45, 7) is 3.97. The summed E-state index contributed by atoms with van der Waals surface area (Å²) in [5, 5.41) is 2.56. The number of carbonyl (C=O) groups excluding carboxylic acids is 2. The largest absolute Gasteiger partial charge is 0.355 e. The van der Waals surface area contributed by atoms with Crippen LogP contribution >= 0.6 is 0 Å². The molecule has 4 nitrogen and oxygen atoms in total. The molecule has 0 aliphatic carbocycles. The van der Waals surface area contributed by atoms with E-state index in [0.717, 1.165) is 16.7 Å². The minimum Gasteiger partial charge on any atom is -0.355 e. The van der Waals surface area contributed by atoms with Gasteiger partial charge in [-0.1, -0.05) is 35.4 Å². The van der Waals surface area contributed by atoms with Crippen molar-refractivity contribution in [1.82, 2.24) is 10.2 Å². The molecule has 0 aliphatic heterocycles. The SMILES string of the molecule is CNC(=O)c1ccc(C)cc1.Cc1cccc(C(=O)N(C)C)c1. The van der Waals surface area contributed by atoms with E-state index in [0.29, 0.717) is 5.56 Å². The van der Waals surface area contributed by atoms with Crippen molar-refractivity contribution in [1.29, 1.82) is 0 Å². The minimum absolute atomic E-state index is 0.0370. The third-order valence-electron chi connectivity index (χ3n) is 3.21. The second kappa shape index (κ2) is 8.73. The number of hydrogen-bond acceptors (Lipinski definition) is 2. The van der Waals surface area contributed by atoms with Gasteiger partial charge in [0.05, 0.1) is 0 Å². The molecule has 2 aromatic rings. The highest BCUT2D eigenvalue weighted by atomic mass is 16.2. The van der Waals surface area contributed by atoms with Crippen LogP contribution in [0.15, 0.2) is 48.5 Å². The summed E-state index contributed by atoms with van der Waals surface area (Å²) in [4.78, 5) is 24.0. The smallest absolute Gasteiger partial charge is 0.253 e. The molecule has 23 heavy (non-hydrogen) atoms. The summed E-state index contributed by atoms with van der Waals surface area (Å²) in [6.07, 6.45) is 0. The van der Waals surface area contributed by atoms with Gasteiger partial charge in [-0.2, -0.15) is 0 Å². The molecule has 0 atom stereocenters. The fourth-order valence-corrected chi connectivity index (χ4v) is 1.89. The lowest BCUT2D eigenvalue weighted by Crippen LogP contribution is -2.21. The topological polar surface area (TPSA) is 49.4 Å². The Bertz CT molecular complexity index is 661. The summed E-state index contributed by atoms with van der Waals surface area (Å²) in [7, 11) is 5.14. The van der Waals surface area contributed by atoms with Crippen molar-refractivity contribution in [3.8, 4) is 0 Å². The molecular weight excluding hydrogens is 288 g/mol. The highest BCUT2D eigenvalue weighted by Crippen LogP contribution is 2.05. The first-order valence-electron chi connectivity index (χ1n) is 7.42. The van der Waals surface area contributed by atoms with Gasteiger partial charge in [-0.05, 0) is 38.1 Å². The first-order chi connectivity index (χ1) is 10.8. The Morgan fingerprint density at radius 3 is 1.96 bits per heavy atom. The second-order valence-corrected chi connectivity index (χ2v) is 5.51. The normalized spacial score (nSPS) is 9.43. The van der Waals surface area contributed by atoms with Crippen LogP contribution in [0, 0.1) is 13.8 Å². The standard InChI is InChI=1S/C10H13NO.C9H11NO/c1-8-5-4-6-9(7-8)10(12)11(2)3;1-7-3-5-8(6-4-7)9(11)10-2/h4-7H,1-3H3;3-6H,1-2H3,(H,10,11). The van der Waals surface area contributed by atoms with Gasteiger partial charge in [0.15, 0.2) is 0 Å². The van der Waals surface area contributed by atoms with Gasteiger partial charge >= 0.3 is 0 Å². The molecule has 1 N–H and O–H groups in total. The molecule has 0 radical (unpaired) electrons. The zero-order chi connectivity index (χ0) is 17.4. The average molecular weight is 312 g/mol. The van der Waals surface area contributed by atoms with Gasteiger partial charge in [0.1, 0.15) is 0 Å². The Kier molecular flexibility index (Phi) is 7.00. The molecule has 2 rings (SSSR count). The molecule has 0 saturated carbocycles. The number of amides is 2. The fourth-order valence-electron chi connectivity index (χ4n) is 1.89. The van der Waals surface area contributed by atoms with E-state index in [1.54, 1.807) is 26.0 Å². The van der Waals surface area contributed by atoms with Gasteiger partial charge in [0.25, 0.3) is 11.8 Å². The summed E-state index contributed by atoms with van der Waals surface area (Å²) in [6, 6.07) is 15.1. The molecular formula is C19H24N2O2. The van der Waals surface area contributed by atoms with Crippen LogP contribution in [0.4, 0.5) is 0 Å². The van der Waals surface area contributed by atoms with Gasteiger partial charge in [-0.3, -0.25) is 9.59 Å². The van der Waals surface area contributed by atoms with Crippen molar-refractivity contribution in [3.63, 3.8) is 0 Å². The number of aryl methyl sites for hydroxylation is 2. The lowest BCUT2D eigenvalue weighted by molar-refractivity contribution is 0.0827. The predicted octanol–water partition coefficient (Wildman–Crippen LogP) is 3.05. The zero-order valence-corrected chi connectivity index (χ0v) is 14.4. The van der Waals surface area contributed by atoms with Crippen LogP contribution in [0.25, 0.3) is 0 Å². The molecule has 0 bridgehead atoms. The number of nitrogens with zero attached hydrogens (tertiary/aromatic N) is 1. The van der Waals surface area contributed by atoms with Crippen molar-refractivity contribution in [2.45, 2.75) is 13.8 Å². The molecule has 4 heteroatoms. The third-order valence-corrected chi connectivity index (χ3v) is 3.21. The fraction of sp³-hybridized carbons (Fsp3) is 0.263. The van der Waals surface area contributed by atoms with Crippen LogP contribution < -0.4 is 5.32 Å². The van der Waals surface area contributed by atoms with Crippen LogP contribution in [0.3, 0.4) is 0 Å². The lowest BCUT2D eigenvalue weighted by Gasteiger charge is -2.09. The van der Waals surface area contributed by atoms with Crippen LogP contribution in [0.1, 0.15) is 31.8 Å². The molecule has 0 unspecified atom stereocenters. The maximum atomic E-state index is 11.4. The number of carbonyl (C=O) groups is 2. The van der Waals surface area contributed by atoms with Gasteiger partial charge in [-0.25, -0.2) is 0 Å². The Balaban J connectivity index is 0.000000231. The summed E-state index contributed by atoms with van der Waals surface area (Å²) in [5.41, 5.74) is 3.73. The lowest BCUT2D eigenvalue weighted by atomic mass is 10.1. The Morgan fingerprint density at radius 2 is 1.48 bits per heavy atom. The monoisotopic (exact) mass is 312 g/mol. The van der Waals surface area contributed by atoms with E-state index in [1.165, 1.54) is 0 Å². The molecule has 0 saturated heterocycles. The van der Waals surface area contributed by atoms with Crippen molar-refractivity contribution >= 4 is 11.8 Å². The van der Waals surface area contributed by atoms with Gasteiger partial charge in [-0.15, -0.1) is 0 Å². The molecule has 0 aliphatic rings. The van der Waals surface area contributed by atoms with Crippen molar-refractivity contribution < 1.29 is 9.59 Å². The first kappa shape index (κ1) is 18.4. The molecule has 0 spiro atoms. The molecule has 2 amide bonds. The van der Waals surface area contributed by atoms with Gasteiger partial charge < -0.3 is 10.2 Å². The summed E-state index contributed by atoms with van der Waals surface area (Å²) < 4.78 is 0. The highest BCUT2D eigenvalue weighted by molar-refractivity contribution is 5.94. The second-order valence-electron chi connectivity index (χ2n) is 5.51. The Labute approximate surface area is 138 Å². The van der Waals surface area contributed by atoms with E-state index in [4.69, 9.17) is 0 Å². The number of hydrogen-bond donors (Lipinski definition) is 1. The Hall–Kier alpha value is -2.62. The minimum atomic E-state index is -0.0370. The van der Waals surface area contributed by atoms with E-state index >= 15 is 0 Å². The van der Waals surface area contributed by atoms with Gasteiger partial charge in [0, 0.05) is 32.3 Å². The van der Waals surface area contributed by atoms with E-state index in [-0.39, 0.29) is 11.8 Å². The van der Waals surface area contributed by atoms with Crippen molar-refractivity contribution in [3.05, 3.63) is 70.8 Å². The summed E-state index contributed by atoms with van der Waals surface area (Å²) >= 11 is 0. The maximum absolute atomic E-state index is 11.4. The average Bonchev–Trinajstić information content (AvgIpc) is 2.54. The van der Waals surface area contributed by atoms with E-state index in [2.05, 4.69) is 5.32 Å². The number of rotatable bonds is 2. The van der Waals surface area contributed by atoms with Crippen LogP contribution in [0.2, 0.25) is 0 Å². The van der Waals surface area contributed by atoms with E-state index in [1.807, 2.05) is 62.4 Å². The van der Waals surface area contributed by atoms with Crippen LogP contribution in [-0.4, -0.2) is 37.9 Å². The zero-order valence-electron chi connectivity index (χ0n) is 14.4.